The largest absolute Gasteiger partial charge is 0.491 e. The lowest BCUT2D eigenvalue weighted by atomic mass is 10.2. The standard InChI is InChI=1S/C17H26N2O3S/c1-4-10-19(11-5-2)17(23)18-16(20)14-6-8-15(9-7-14)22-13-12-21-3/h6-9H,4-5,10-13H2,1-3H3,(H,18,20,23). The van der Waals surface area contributed by atoms with Crippen molar-refractivity contribution in [3.63, 3.8) is 0 Å². The number of carbonyl (C=O) groups excluding carboxylic acids is 1. The van der Waals surface area contributed by atoms with Gasteiger partial charge in [0.1, 0.15) is 12.4 Å². The van der Waals surface area contributed by atoms with E-state index in [1.54, 1.807) is 31.4 Å². The average molecular weight is 338 g/mol. The minimum absolute atomic E-state index is 0.198. The van der Waals surface area contributed by atoms with Crippen molar-refractivity contribution in [2.24, 2.45) is 0 Å². The highest BCUT2D eigenvalue weighted by atomic mass is 32.1. The van der Waals surface area contributed by atoms with Crippen molar-refractivity contribution in [1.29, 1.82) is 0 Å². The number of carbonyl (C=O) groups is 1. The molecule has 0 saturated carbocycles. The molecule has 1 aromatic carbocycles. The number of methoxy groups -OCH3 is 1. The number of thiocarbonyl (C=S) groups is 1. The van der Waals surface area contributed by atoms with Crippen LogP contribution in [0.15, 0.2) is 24.3 Å². The second-order valence-corrected chi connectivity index (χ2v) is 5.50. The molecule has 0 unspecified atom stereocenters. The van der Waals surface area contributed by atoms with Crippen molar-refractivity contribution < 1.29 is 14.3 Å². The summed E-state index contributed by atoms with van der Waals surface area (Å²) in [5, 5.41) is 3.28. The summed E-state index contributed by atoms with van der Waals surface area (Å²) in [6.07, 6.45) is 1.98. The van der Waals surface area contributed by atoms with Crippen LogP contribution in [0.4, 0.5) is 0 Å². The number of rotatable bonds is 9. The van der Waals surface area contributed by atoms with Crippen molar-refractivity contribution in [2.75, 3.05) is 33.4 Å². The molecule has 0 aromatic heterocycles. The van der Waals surface area contributed by atoms with Crippen LogP contribution < -0.4 is 10.1 Å². The fraction of sp³-hybridized carbons (Fsp3) is 0.529. The van der Waals surface area contributed by atoms with Crippen LogP contribution in [-0.4, -0.2) is 49.3 Å². The van der Waals surface area contributed by atoms with E-state index in [1.165, 1.54) is 0 Å². The Labute approximate surface area is 144 Å². The zero-order chi connectivity index (χ0) is 17.1. The predicted octanol–water partition coefficient (Wildman–Crippen LogP) is 2.85. The van der Waals surface area contributed by atoms with Gasteiger partial charge >= 0.3 is 0 Å². The number of benzene rings is 1. The quantitative estimate of drug-likeness (QED) is 0.554. The molecular formula is C17H26N2O3S. The van der Waals surface area contributed by atoms with E-state index in [9.17, 15) is 4.79 Å². The summed E-state index contributed by atoms with van der Waals surface area (Å²) in [6, 6.07) is 6.99. The summed E-state index contributed by atoms with van der Waals surface area (Å²) in [5.41, 5.74) is 0.555. The van der Waals surface area contributed by atoms with Gasteiger partial charge in [-0.1, -0.05) is 13.8 Å². The Balaban J connectivity index is 2.57. The van der Waals surface area contributed by atoms with E-state index >= 15 is 0 Å². The van der Waals surface area contributed by atoms with E-state index in [-0.39, 0.29) is 5.91 Å². The smallest absolute Gasteiger partial charge is 0.257 e. The molecule has 0 fully saturated rings. The van der Waals surface area contributed by atoms with E-state index < -0.39 is 0 Å². The zero-order valence-electron chi connectivity index (χ0n) is 14.1. The molecule has 0 aliphatic heterocycles. The van der Waals surface area contributed by atoms with Gasteiger partial charge in [-0.15, -0.1) is 0 Å². The van der Waals surface area contributed by atoms with Gasteiger partial charge in [0, 0.05) is 25.8 Å². The van der Waals surface area contributed by atoms with Crippen LogP contribution in [0.2, 0.25) is 0 Å². The molecule has 0 aliphatic carbocycles. The van der Waals surface area contributed by atoms with E-state index in [2.05, 4.69) is 19.2 Å². The zero-order valence-corrected chi connectivity index (χ0v) is 14.9. The van der Waals surface area contributed by atoms with Crippen molar-refractivity contribution in [2.45, 2.75) is 26.7 Å². The molecule has 0 atom stereocenters. The number of hydrogen-bond acceptors (Lipinski definition) is 4. The number of hydrogen-bond donors (Lipinski definition) is 1. The molecular weight excluding hydrogens is 312 g/mol. The van der Waals surface area contributed by atoms with Crippen molar-refractivity contribution in [1.82, 2.24) is 10.2 Å². The van der Waals surface area contributed by atoms with Crippen molar-refractivity contribution >= 4 is 23.2 Å². The maximum absolute atomic E-state index is 12.3. The van der Waals surface area contributed by atoms with Crippen LogP contribution >= 0.6 is 12.2 Å². The summed E-state index contributed by atoms with van der Waals surface area (Å²) in [4.78, 5) is 14.3. The highest BCUT2D eigenvalue weighted by Gasteiger charge is 2.12. The fourth-order valence-corrected chi connectivity index (χ4v) is 2.32. The van der Waals surface area contributed by atoms with Gasteiger partial charge in [-0.25, -0.2) is 0 Å². The van der Waals surface area contributed by atoms with Crippen LogP contribution in [0.1, 0.15) is 37.0 Å². The molecule has 6 heteroatoms. The molecule has 0 aliphatic rings. The fourth-order valence-electron chi connectivity index (χ4n) is 2.05. The molecule has 1 N–H and O–H groups in total. The van der Waals surface area contributed by atoms with E-state index in [0.29, 0.717) is 29.6 Å². The molecule has 1 aromatic rings. The second-order valence-electron chi connectivity index (χ2n) is 5.11. The topological polar surface area (TPSA) is 50.8 Å². The maximum atomic E-state index is 12.3. The number of amides is 1. The molecule has 128 valence electrons. The average Bonchev–Trinajstić information content (AvgIpc) is 2.55. The second kappa shape index (κ2) is 11.0. The highest BCUT2D eigenvalue weighted by Crippen LogP contribution is 2.12. The summed E-state index contributed by atoms with van der Waals surface area (Å²) in [6.45, 7) is 6.89. The van der Waals surface area contributed by atoms with Gasteiger partial charge in [0.25, 0.3) is 5.91 Å². The lowest BCUT2D eigenvalue weighted by Gasteiger charge is -2.24. The lowest BCUT2D eigenvalue weighted by molar-refractivity contribution is 0.0973. The predicted molar refractivity (Wildman–Crippen MR) is 96.0 cm³/mol. The van der Waals surface area contributed by atoms with Crippen LogP contribution in [0.25, 0.3) is 0 Å². The van der Waals surface area contributed by atoms with E-state index in [1.807, 2.05) is 4.90 Å². The minimum atomic E-state index is -0.198. The van der Waals surface area contributed by atoms with Gasteiger partial charge in [0.05, 0.1) is 6.61 Å². The van der Waals surface area contributed by atoms with Gasteiger partial charge in [0.15, 0.2) is 5.11 Å². The van der Waals surface area contributed by atoms with Crippen LogP contribution in [-0.2, 0) is 4.74 Å². The molecule has 1 rings (SSSR count). The molecule has 0 radical (unpaired) electrons. The Kier molecular flexibility index (Phi) is 9.24. The first-order valence-corrected chi connectivity index (χ1v) is 8.35. The minimum Gasteiger partial charge on any atom is -0.491 e. The summed E-state index contributed by atoms with van der Waals surface area (Å²) in [7, 11) is 1.63. The Morgan fingerprint density at radius 1 is 1.13 bits per heavy atom. The number of ether oxygens (including phenoxy) is 2. The van der Waals surface area contributed by atoms with E-state index in [4.69, 9.17) is 21.7 Å². The number of nitrogens with one attached hydrogen (secondary N) is 1. The molecule has 0 saturated heterocycles. The Hall–Kier alpha value is -1.66. The third kappa shape index (κ3) is 6.97. The summed E-state index contributed by atoms with van der Waals surface area (Å²) >= 11 is 5.33. The van der Waals surface area contributed by atoms with E-state index in [0.717, 1.165) is 25.9 Å². The first-order chi connectivity index (χ1) is 11.1. The maximum Gasteiger partial charge on any atom is 0.257 e. The molecule has 23 heavy (non-hydrogen) atoms. The van der Waals surface area contributed by atoms with Gasteiger partial charge in [-0.3, -0.25) is 10.1 Å². The van der Waals surface area contributed by atoms with Gasteiger partial charge < -0.3 is 14.4 Å². The molecule has 0 heterocycles. The SMILES string of the molecule is CCCN(CCC)C(=S)NC(=O)c1ccc(OCCOC)cc1. The van der Waals surface area contributed by atoms with Gasteiger partial charge in [-0.2, -0.15) is 0 Å². The Bertz CT molecular complexity index is 485. The Morgan fingerprint density at radius 2 is 1.74 bits per heavy atom. The number of nitrogens with zero attached hydrogens (tertiary/aromatic N) is 1. The monoisotopic (exact) mass is 338 g/mol. The molecule has 0 spiro atoms. The summed E-state index contributed by atoms with van der Waals surface area (Å²) < 4.78 is 10.4. The molecule has 0 bridgehead atoms. The first kappa shape index (κ1) is 19.4. The normalized spacial score (nSPS) is 10.2. The Morgan fingerprint density at radius 3 is 2.26 bits per heavy atom. The van der Waals surface area contributed by atoms with Gasteiger partial charge in [0.2, 0.25) is 0 Å². The van der Waals surface area contributed by atoms with Crippen LogP contribution in [0, 0.1) is 0 Å². The lowest BCUT2D eigenvalue weighted by Crippen LogP contribution is -2.43. The molecule has 1 amide bonds. The highest BCUT2D eigenvalue weighted by molar-refractivity contribution is 7.80. The third-order valence-corrected chi connectivity index (χ3v) is 3.53. The van der Waals surface area contributed by atoms with Crippen molar-refractivity contribution in [3.05, 3.63) is 29.8 Å². The molecule has 5 nitrogen and oxygen atoms in total. The van der Waals surface area contributed by atoms with Crippen LogP contribution in [0.5, 0.6) is 5.75 Å². The van der Waals surface area contributed by atoms with Crippen LogP contribution in [0.3, 0.4) is 0 Å². The van der Waals surface area contributed by atoms with Crippen molar-refractivity contribution in [3.8, 4) is 5.75 Å². The first-order valence-electron chi connectivity index (χ1n) is 7.94. The van der Waals surface area contributed by atoms with Gasteiger partial charge in [-0.05, 0) is 49.3 Å². The third-order valence-electron chi connectivity index (χ3n) is 3.17. The summed E-state index contributed by atoms with van der Waals surface area (Å²) in [5.74, 6) is 0.510.